The second kappa shape index (κ2) is 11.9. The van der Waals surface area contributed by atoms with Crippen molar-refractivity contribution in [3.8, 4) is 17.2 Å². The Bertz CT molecular complexity index is 1080. The molecule has 1 saturated heterocycles. The summed E-state index contributed by atoms with van der Waals surface area (Å²) in [4.78, 5) is 29.7. The van der Waals surface area contributed by atoms with E-state index in [0.29, 0.717) is 68.7 Å². The molecule has 1 aromatic heterocycles. The molecule has 2 aromatic rings. The van der Waals surface area contributed by atoms with Gasteiger partial charge in [0.1, 0.15) is 17.2 Å². The summed E-state index contributed by atoms with van der Waals surface area (Å²) in [6.45, 7) is 6.39. The topological polar surface area (TPSA) is 103 Å². The second-order valence-electron chi connectivity index (χ2n) is 8.27. The van der Waals surface area contributed by atoms with Crippen molar-refractivity contribution in [3.05, 3.63) is 51.4 Å². The summed E-state index contributed by atoms with van der Waals surface area (Å²) < 4.78 is 23.0. The number of ether oxygens (including phenoxy) is 4. The first-order valence-corrected chi connectivity index (χ1v) is 11.7. The Morgan fingerprint density at radius 3 is 2.40 bits per heavy atom. The van der Waals surface area contributed by atoms with Crippen molar-refractivity contribution in [2.45, 2.75) is 26.4 Å². The van der Waals surface area contributed by atoms with E-state index in [4.69, 9.17) is 18.9 Å². The minimum absolute atomic E-state index is 0.0862. The number of rotatable bonds is 9. The molecular formula is C25H35N3O7. The summed E-state index contributed by atoms with van der Waals surface area (Å²) in [5.41, 5.74) is 1.31. The SMILES string of the molecule is CCOC(=O)N1CCN(C(c2ccc(OC)cc2OC)c2c(O)cc(C)n(CCOC)c2=O)CC1. The lowest BCUT2D eigenvalue weighted by atomic mass is 9.95. The van der Waals surface area contributed by atoms with Crippen LogP contribution < -0.4 is 15.0 Å². The van der Waals surface area contributed by atoms with Crippen LogP contribution in [0.4, 0.5) is 4.79 Å². The maximum absolute atomic E-state index is 13.7. The highest BCUT2D eigenvalue weighted by atomic mass is 16.6. The number of nitrogens with zero attached hydrogens (tertiary/aromatic N) is 3. The molecule has 1 aromatic carbocycles. The Labute approximate surface area is 205 Å². The number of hydrogen-bond donors (Lipinski definition) is 1. The van der Waals surface area contributed by atoms with Gasteiger partial charge in [-0.05, 0) is 32.0 Å². The van der Waals surface area contributed by atoms with Crippen LogP contribution in [0.2, 0.25) is 0 Å². The van der Waals surface area contributed by atoms with E-state index in [0.717, 1.165) is 0 Å². The quantitative estimate of drug-likeness (QED) is 0.573. The van der Waals surface area contributed by atoms with Crippen molar-refractivity contribution in [3.63, 3.8) is 0 Å². The Hall–Kier alpha value is -3.24. The van der Waals surface area contributed by atoms with Gasteiger partial charge in [-0.15, -0.1) is 0 Å². The molecular weight excluding hydrogens is 454 g/mol. The normalized spacial score (nSPS) is 15.1. The molecule has 0 spiro atoms. The molecule has 0 aliphatic carbocycles. The highest BCUT2D eigenvalue weighted by Crippen LogP contribution is 2.39. The molecule has 0 radical (unpaired) electrons. The standard InChI is InChI=1S/C25H35N3O7/c1-6-35-25(31)27-11-9-26(10-12-27)23(19-8-7-18(33-4)16-21(19)34-5)22-20(29)15-17(2)28(24(22)30)13-14-32-3/h7-8,15-16,23,29H,6,9-14H2,1-5H3. The van der Waals surface area contributed by atoms with Gasteiger partial charge in [-0.1, -0.05) is 0 Å². The van der Waals surface area contributed by atoms with Crippen LogP contribution >= 0.6 is 0 Å². The average molecular weight is 490 g/mol. The van der Waals surface area contributed by atoms with Crippen LogP contribution in [-0.2, 0) is 16.0 Å². The molecule has 1 amide bonds. The Morgan fingerprint density at radius 1 is 1.09 bits per heavy atom. The lowest BCUT2D eigenvalue weighted by Crippen LogP contribution is -2.50. The van der Waals surface area contributed by atoms with Gasteiger partial charge >= 0.3 is 6.09 Å². The summed E-state index contributed by atoms with van der Waals surface area (Å²) in [5.74, 6) is 1.06. The monoisotopic (exact) mass is 489 g/mol. The van der Waals surface area contributed by atoms with Crippen LogP contribution in [0.3, 0.4) is 0 Å². The van der Waals surface area contributed by atoms with E-state index in [9.17, 15) is 14.7 Å². The molecule has 1 aliphatic heterocycles. The number of hydrogen-bond acceptors (Lipinski definition) is 8. The van der Waals surface area contributed by atoms with Crippen LogP contribution in [0.15, 0.2) is 29.1 Å². The van der Waals surface area contributed by atoms with Crippen molar-refractivity contribution in [1.82, 2.24) is 14.4 Å². The van der Waals surface area contributed by atoms with E-state index < -0.39 is 6.04 Å². The molecule has 1 unspecified atom stereocenters. The number of aryl methyl sites for hydroxylation is 1. The van der Waals surface area contributed by atoms with Gasteiger partial charge in [0.15, 0.2) is 0 Å². The summed E-state index contributed by atoms with van der Waals surface area (Å²) in [7, 11) is 4.70. The van der Waals surface area contributed by atoms with Gasteiger partial charge in [-0.3, -0.25) is 9.69 Å². The Kier molecular flexibility index (Phi) is 9.00. The van der Waals surface area contributed by atoms with E-state index in [1.54, 1.807) is 62.8 Å². The smallest absolute Gasteiger partial charge is 0.409 e. The number of carbonyl (C=O) groups is 1. The molecule has 1 N–H and O–H groups in total. The summed E-state index contributed by atoms with van der Waals surface area (Å²) >= 11 is 0. The van der Waals surface area contributed by atoms with Gasteiger partial charge in [-0.25, -0.2) is 4.79 Å². The summed E-state index contributed by atoms with van der Waals surface area (Å²) in [6, 6.07) is 6.39. The predicted octanol–water partition coefficient (Wildman–Crippen LogP) is 2.39. The van der Waals surface area contributed by atoms with Crippen LogP contribution in [0.1, 0.15) is 29.8 Å². The zero-order valence-electron chi connectivity index (χ0n) is 21.1. The first-order chi connectivity index (χ1) is 16.9. The average Bonchev–Trinajstić information content (AvgIpc) is 2.86. The number of aromatic hydroxyl groups is 1. The lowest BCUT2D eigenvalue weighted by molar-refractivity contribution is 0.0705. The van der Waals surface area contributed by atoms with E-state index in [1.807, 2.05) is 6.07 Å². The van der Waals surface area contributed by atoms with Crippen LogP contribution in [0, 0.1) is 6.92 Å². The lowest BCUT2D eigenvalue weighted by Gasteiger charge is -2.39. The fraction of sp³-hybridized carbons (Fsp3) is 0.520. The van der Waals surface area contributed by atoms with Crippen molar-refractivity contribution in [2.24, 2.45) is 0 Å². The Morgan fingerprint density at radius 2 is 1.80 bits per heavy atom. The molecule has 35 heavy (non-hydrogen) atoms. The molecule has 0 bridgehead atoms. The number of benzene rings is 1. The number of aromatic nitrogens is 1. The van der Waals surface area contributed by atoms with Crippen molar-refractivity contribution in [2.75, 3.05) is 60.7 Å². The number of amides is 1. The molecule has 1 atom stereocenters. The molecule has 3 rings (SSSR count). The largest absolute Gasteiger partial charge is 0.507 e. The van der Waals surface area contributed by atoms with E-state index >= 15 is 0 Å². The fourth-order valence-corrected chi connectivity index (χ4v) is 4.44. The van der Waals surface area contributed by atoms with Crippen LogP contribution in [0.25, 0.3) is 0 Å². The molecule has 1 aliphatic rings. The van der Waals surface area contributed by atoms with E-state index in [2.05, 4.69) is 4.90 Å². The highest BCUT2D eigenvalue weighted by Gasteiger charge is 2.34. The third-order valence-corrected chi connectivity index (χ3v) is 6.26. The second-order valence-corrected chi connectivity index (χ2v) is 8.27. The number of pyridine rings is 1. The van der Waals surface area contributed by atoms with Crippen molar-refractivity contribution in [1.29, 1.82) is 0 Å². The maximum Gasteiger partial charge on any atom is 0.409 e. The molecule has 192 valence electrons. The number of piperazine rings is 1. The minimum atomic E-state index is -0.609. The van der Waals surface area contributed by atoms with Gasteiger partial charge in [-0.2, -0.15) is 0 Å². The van der Waals surface area contributed by atoms with Gasteiger partial charge in [0.05, 0.1) is 39.0 Å². The van der Waals surface area contributed by atoms with Gasteiger partial charge in [0.25, 0.3) is 5.56 Å². The van der Waals surface area contributed by atoms with E-state index in [-0.39, 0.29) is 23.0 Å². The highest BCUT2D eigenvalue weighted by molar-refractivity contribution is 5.67. The third-order valence-electron chi connectivity index (χ3n) is 6.26. The van der Waals surface area contributed by atoms with Crippen LogP contribution in [0.5, 0.6) is 17.2 Å². The van der Waals surface area contributed by atoms with Crippen molar-refractivity contribution >= 4 is 6.09 Å². The number of carbonyl (C=O) groups excluding carboxylic acids is 1. The predicted molar refractivity (Wildman–Crippen MR) is 131 cm³/mol. The zero-order valence-corrected chi connectivity index (χ0v) is 21.1. The molecule has 10 nitrogen and oxygen atoms in total. The molecule has 1 fully saturated rings. The summed E-state index contributed by atoms with van der Waals surface area (Å²) in [6.07, 6.45) is -0.356. The Balaban J connectivity index is 2.11. The maximum atomic E-state index is 13.7. The van der Waals surface area contributed by atoms with Gasteiger partial charge < -0.3 is 33.5 Å². The molecule has 2 heterocycles. The minimum Gasteiger partial charge on any atom is -0.507 e. The number of methoxy groups -OCH3 is 3. The first-order valence-electron chi connectivity index (χ1n) is 11.7. The van der Waals surface area contributed by atoms with E-state index in [1.165, 1.54) is 0 Å². The first kappa shape index (κ1) is 26.4. The van der Waals surface area contributed by atoms with Crippen molar-refractivity contribution < 1.29 is 28.8 Å². The third kappa shape index (κ3) is 5.71. The zero-order chi connectivity index (χ0) is 25.5. The summed E-state index contributed by atoms with van der Waals surface area (Å²) in [5, 5.41) is 11.0. The van der Waals surface area contributed by atoms with Gasteiger partial charge in [0.2, 0.25) is 0 Å². The fourth-order valence-electron chi connectivity index (χ4n) is 4.44. The van der Waals surface area contributed by atoms with Gasteiger partial charge in [0, 0.05) is 57.2 Å². The molecule has 0 saturated carbocycles. The van der Waals surface area contributed by atoms with Crippen LogP contribution in [-0.4, -0.2) is 86.3 Å². The molecule has 10 heteroatoms.